The number of hydrogen-bond donors (Lipinski definition) is 0. The maximum absolute atomic E-state index is 13.2. The average Bonchev–Trinajstić information content (AvgIpc) is 3.06. The molecular formula is C23H25FN2O. The van der Waals surface area contributed by atoms with Gasteiger partial charge in [0.2, 0.25) is 5.91 Å². The largest absolute Gasteiger partial charge is 0.343 e. The molecule has 1 fully saturated rings. The van der Waals surface area contributed by atoms with E-state index in [9.17, 15) is 9.18 Å². The molecular weight excluding hydrogens is 339 g/mol. The van der Waals surface area contributed by atoms with Crippen molar-refractivity contribution in [1.82, 2.24) is 9.47 Å². The third-order valence-electron chi connectivity index (χ3n) is 5.45. The maximum atomic E-state index is 13.2. The quantitative estimate of drug-likeness (QED) is 0.640. The number of rotatable bonds is 5. The molecule has 3 nitrogen and oxygen atoms in total. The van der Waals surface area contributed by atoms with Gasteiger partial charge in [0.15, 0.2) is 0 Å². The van der Waals surface area contributed by atoms with Crippen molar-refractivity contribution < 1.29 is 9.18 Å². The third kappa shape index (κ3) is 4.05. The molecule has 0 radical (unpaired) electrons. The van der Waals surface area contributed by atoms with E-state index in [-0.39, 0.29) is 11.7 Å². The molecule has 4 rings (SSSR count). The van der Waals surface area contributed by atoms with Crippen LogP contribution in [0.5, 0.6) is 0 Å². The molecule has 2 aromatic carbocycles. The Bertz CT molecular complexity index is 923. The van der Waals surface area contributed by atoms with Gasteiger partial charge in [-0.2, -0.15) is 0 Å². The smallest absolute Gasteiger partial charge is 0.222 e. The van der Waals surface area contributed by atoms with Crippen molar-refractivity contribution in [2.75, 3.05) is 13.1 Å². The number of halogens is 1. The van der Waals surface area contributed by atoms with E-state index in [0.717, 1.165) is 43.4 Å². The normalized spacial score (nSPS) is 14.6. The van der Waals surface area contributed by atoms with Gasteiger partial charge >= 0.3 is 0 Å². The van der Waals surface area contributed by atoms with Crippen LogP contribution in [0.2, 0.25) is 0 Å². The number of fused-ring (bicyclic) bond motifs is 1. The second-order valence-electron chi connectivity index (χ2n) is 7.37. The monoisotopic (exact) mass is 364 g/mol. The summed E-state index contributed by atoms with van der Waals surface area (Å²) in [4.78, 5) is 14.5. The van der Waals surface area contributed by atoms with Crippen molar-refractivity contribution in [3.8, 4) is 0 Å². The summed E-state index contributed by atoms with van der Waals surface area (Å²) in [5, 5.41) is 1.20. The summed E-state index contributed by atoms with van der Waals surface area (Å²) in [7, 11) is 0. The van der Waals surface area contributed by atoms with Gasteiger partial charge in [-0.15, -0.1) is 0 Å². The van der Waals surface area contributed by atoms with Crippen LogP contribution in [0.25, 0.3) is 10.9 Å². The maximum Gasteiger partial charge on any atom is 0.222 e. The first-order valence-electron chi connectivity index (χ1n) is 9.80. The Morgan fingerprint density at radius 1 is 0.963 bits per heavy atom. The lowest BCUT2D eigenvalue weighted by Gasteiger charge is -2.26. The van der Waals surface area contributed by atoms with Gasteiger partial charge in [0.25, 0.3) is 0 Å². The highest BCUT2D eigenvalue weighted by molar-refractivity contribution is 5.85. The van der Waals surface area contributed by atoms with Gasteiger partial charge in [0.1, 0.15) is 5.82 Å². The molecule has 1 aromatic heterocycles. The van der Waals surface area contributed by atoms with E-state index in [1.807, 2.05) is 29.2 Å². The fourth-order valence-electron chi connectivity index (χ4n) is 3.98. The van der Waals surface area contributed by atoms with E-state index < -0.39 is 0 Å². The zero-order valence-electron chi connectivity index (χ0n) is 15.5. The second-order valence-corrected chi connectivity index (χ2v) is 7.37. The Hall–Kier alpha value is -2.62. The zero-order valence-corrected chi connectivity index (χ0v) is 15.5. The van der Waals surface area contributed by atoms with Crippen molar-refractivity contribution in [1.29, 1.82) is 0 Å². The first-order valence-corrected chi connectivity index (χ1v) is 9.80. The summed E-state index contributed by atoms with van der Waals surface area (Å²) in [6, 6.07) is 14.9. The molecule has 140 valence electrons. The number of piperidine rings is 1. The van der Waals surface area contributed by atoms with Crippen LogP contribution in [0.1, 0.15) is 36.8 Å². The highest BCUT2D eigenvalue weighted by atomic mass is 19.1. The van der Waals surface area contributed by atoms with Crippen molar-refractivity contribution >= 4 is 16.8 Å². The zero-order chi connectivity index (χ0) is 18.6. The van der Waals surface area contributed by atoms with Gasteiger partial charge in [-0.05, 0) is 55.0 Å². The van der Waals surface area contributed by atoms with Gasteiger partial charge in [-0.3, -0.25) is 4.79 Å². The summed E-state index contributed by atoms with van der Waals surface area (Å²) in [6.45, 7) is 2.51. The molecule has 1 saturated heterocycles. The van der Waals surface area contributed by atoms with Crippen LogP contribution < -0.4 is 0 Å². The van der Waals surface area contributed by atoms with E-state index >= 15 is 0 Å². The molecule has 0 bridgehead atoms. The average molecular weight is 364 g/mol. The number of carbonyl (C=O) groups excluding carboxylic acids is 1. The molecule has 0 aliphatic carbocycles. The summed E-state index contributed by atoms with van der Waals surface area (Å²) in [6.07, 6.45) is 6.96. The van der Waals surface area contributed by atoms with Gasteiger partial charge < -0.3 is 9.47 Å². The van der Waals surface area contributed by atoms with Gasteiger partial charge in [-0.1, -0.05) is 30.3 Å². The van der Waals surface area contributed by atoms with Crippen LogP contribution in [-0.2, 0) is 17.8 Å². The Kier molecular flexibility index (Phi) is 5.23. The number of likely N-dealkylation sites (tertiary alicyclic amines) is 1. The molecule has 0 atom stereocenters. The highest BCUT2D eigenvalue weighted by Crippen LogP contribution is 2.24. The lowest BCUT2D eigenvalue weighted by molar-refractivity contribution is -0.132. The lowest BCUT2D eigenvalue weighted by Crippen LogP contribution is -2.35. The first kappa shape index (κ1) is 17.8. The van der Waals surface area contributed by atoms with Crippen molar-refractivity contribution in [2.24, 2.45) is 0 Å². The Balaban J connectivity index is 1.52. The number of nitrogens with zero attached hydrogens (tertiary/aromatic N) is 2. The molecule has 1 amide bonds. The Morgan fingerprint density at radius 3 is 2.48 bits per heavy atom. The van der Waals surface area contributed by atoms with Crippen molar-refractivity contribution in [3.05, 3.63) is 71.7 Å². The van der Waals surface area contributed by atoms with E-state index in [1.165, 1.54) is 29.5 Å². The van der Waals surface area contributed by atoms with Crippen LogP contribution in [0.4, 0.5) is 4.39 Å². The van der Waals surface area contributed by atoms with Crippen LogP contribution in [-0.4, -0.2) is 28.5 Å². The summed E-state index contributed by atoms with van der Waals surface area (Å²) >= 11 is 0. The molecule has 0 unspecified atom stereocenters. The summed E-state index contributed by atoms with van der Waals surface area (Å²) in [5.74, 6) is 0.0538. The number of amides is 1. The first-order chi connectivity index (χ1) is 13.2. The van der Waals surface area contributed by atoms with E-state index in [2.05, 4.69) is 22.9 Å². The van der Waals surface area contributed by atoms with Gasteiger partial charge in [0, 0.05) is 43.2 Å². The van der Waals surface area contributed by atoms with Crippen molar-refractivity contribution in [2.45, 2.75) is 38.6 Å². The fourth-order valence-corrected chi connectivity index (χ4v) is 3.98. The molecule has 0 saturated carbocycles. The number of hydrogen-bond acceptors (Lipinski definition) is 1. The van der Waals surface area contributed by atoms with Gasteiger partial charge in [-0.25, -0.2) is 4.39 Å². The minimum absolute atomic E-state index is 0.215. The Morgan fingerprint density at radius 2 is 1.70 bits per heavy atom. The molecule has 1 aliphatic heterocycles. The molecule has 0 spiro atoms. The minimum atomic E-state index is -0.215. The van der Waals surface area contributed by atoms with Crippen LogP contribution in [0.3, 0.4) is 0 Å². The van der Waals surface area contributed by atoms with Crippen LogP contribution >= 0.6 is 0 Å². The molecule has 3 aromatic rings. The van der Waals surface area contributed by atoms with Gasteiger partial charge in [0.05, 0.1) is 0 Å². The fraction of sp³-hybridized carbons (Fsp3) is 0.348. The number of carbonyl (C=O) groups is 1. The predicted molar refractivity (Wildman–Crippen MR) is 106 cm³/mol. The third-order valence-corrected chi connectivity index (χ3v) is 5.45. The van der Waals surface area contributed by atoms with Crippen LogP contribution in [0.15, 0.2) is 54.7 Å². The molecule has 1 aliphatic rings. The molecule has 4 heteroatoms. The number of aromatic nitrogens is 1. The van der Waals surface area contributed by atoms with E-state index in [1.54, 1.807) is 0 Å². The topological polar surface area (TPSA) is 25.2 Å². The molecule has 2 heterocycles. The number of aryl methyl sites for hydroxylation is 1. The predicted octanol–water partition coefficient (Wildman–Crippen LogP) is 4.77. The highest BCUT2D eigenvalue weighted by Gasteiger charge is 2.17. The molecule has 27 heavy (non-hydrogen) atoms. The summed E-state index contributed by atoms with van der Waals surface area (Å²) < 4.78 is 15.4. The van der Waals surface area contributed by atoms with Crippen molar-refractivity contribution in [3.63, 3.8) is 0 Å². The SMILES string of the molecule is O=C(CCc1cn(Cc2ccc(F)cc2)c2ccccc12)N1CCCCC1. The lowest BCUT2D eigenvalue weighted by atomic mass is 10.1. The van der Waals surface area contributed by atoms with E-state index in [0.29, 0.717) is 13.0 Å². The number of para-hydroxylation sites is 1. The minimum Gasteiger partial charge on any atom is -0.343 e. The number of benzene rings is 2. The standard InChI is InChI=1S/C23H25FN2O/c24-20-11-8-18(9-12-20)16-26-17-19(21-6-2-3-7-22(21)26)10-13-23(27)25-14-4-1-5-15-25/h2-3,6-9,11-12,17H,1,4-5,10,13-16H2. The molecule has 0 N–H and O–H groups in total. The van der Waals surface area contributed by atoms with E-state index in [4.69, 9.17) is 0 Å². The van der Waals surface area contributed by atoms with Crippen LogP contribution in [0, 0.1) is 5.82 Å². The second kappa shape index (κ2) is 7.95. The summed E-state index contributed by atoms with van der Waals surface area (Å²) in [5.41, 5.74) is 3.42. The Labute approximate surface area is 159 Å².